The van der Waals surface area contributed by atoms with Gasteiger partial charge in [0.25, 0.3) is 0 Å². The van der Waals surface area contributed by atoms with E-state index >= 15 is 0 Å². The maximum atomic E-state index is 4.34. The van der Waals surface area contributed by atoms with E-state index < -0.39 is 8.07 Å². The van der Waals surface area contributed by atoms with Crippen molar-refractivity contribution in [2.45, 2.75) is 41.8 Å². The van der Waals surface area contributed by atoms with E-state index in [2.05, 4.69) is 51.6 Å². The van der Waals surface area contributed by atoms with Crippen molar-refractivity contribution in [2.75, 3.05) is 41.4 Å². The largest absolute Gasteiger partial charge is 4.00 e. The van der Waals surface area contributed by atoms with Gasteiger partial charge in [0.1, 0.15) is 0 Å². The van der Waals surface area contributed by atoms with Crippen LogP contribution in [0.3, 0.4) is 0 Å². The summed E-state index contributed by atoms with van der Waals surface area (Å²) in [6.07, 6.45) is 5.54. The van der Waals surface area contributed by atoms with Gasteiger partial charge >= 0.3 is 21.7 Å². The Morgan fingerprint density at radius 1 is 1.00 bits per heavy atom. The average Bonchev–Trinajstić information content (AvgIpc) is 2.67. The van der Waals surface area contributed by atoms with E-state index in [4.69, 9.17) is 0 Å². The first-order chi connectivity index (χ1) is 8.40. The van der Waals surface area contributed by atoms with Crippen LogP contribution in [0.5, 0.6) is 0 Å². The van der Waals surface area contributed by atoms with Crippen molar-refractivity contribution in [1.29, 1.82) is 0 Å². The van der Waals surface area contributed by atoms with Gasteiger partial charge in [0.2, 0.25) is 0 Å². The van der Waals surface area contributed by atoms with Gasteiger partial charge in [-0.05, 0) is 12.0 Å². The molecule has 0 N–H and O–H groups in total. The summed E-state index contributed by atoms with van der Waals surface area (Å²) < 4.78 is 0.950. The molecule has 1 saturated carbocycles. The fourth-order valence-corrected chi connectivity index (χ4v) is 9.22. The van der Waals surface area contributed by atoms with Crippen molar-refractivity contribution >= 4 is 30.7 Å². The molecule has 3 nitrogen and oxygen atoms in total. The molecule has 0 aliphatic heterocycles. The van der Waals surface area contributed by atoms with Gasteiger partial charge in [0.05, 0.1) is 0 Å². The Balaban J connectivity index is -0.000000139. The third kappa shape index (κ3) is 14.5. The maximum absolute atomic E-state index is 4.34. The number of hydrogen-bond acceptors (Lipinski definition) is 0. The quantitative estimate of drug-likeness (QED) is 0.245. The normalized spacial score (nSPS) is 20.4. The number of hydrogen-bond donors (Lipinski definition) is 0. The molecule has 0 bridgehead atoms. The number of alkyl halides is 1. The molecule has 1 rings (SSSR count). The van der Waals surface area contributed by atoms with Crippen LogP contribution in [0.2, 0.25) is 18.6 Å². The Labute approximate surface area is 158 Å². The van der Waals surface area contributed by atoms with Gasteiger partial charge in [0.15, 0.2) is 0 Å². The molecule has 0 saturated heterocycles. The molecular formula is C14H34IN3SiTi. The fraction of sp³-hybridized carbons (Fsp3) is 0.929. The Kier molecular flexibility index (Phi) is 27.5. The third-order valence-electron chi connectivity index (χ3n) is 3.00. The minimum Gasteiger partial charge on any atom is -0.668 e. The molecule has 1 aliphatic carbocycles. The molecular weight excluding hydrogens is 413 g/mol. The van der Waals surface area contributed by atoms with Crippen LogP contribution in [0.15, 0.2) is 0 Å². The fourth-order valence-electron chi connectivity index (χ4n) is 2.32. The molecule has 2 atom stereocenters. The van der Waals surface area contributed by atoms with Crippen LogP contribution in [0.4, 0.5) is 0 Å². The molecule has 0 aromatic heterocycles. The van der Waals surface area contributed by atoms with Crippen molar-refractivity contribution in [2.24, 2.45) is 0 Å². The molecule has 0 spiro atoms. The molecule has 2 unspecified atom stereocenters. The second-order valence-electron chi connectivity index (χ2n) is 5.41. The van der Waals surface area contributed by atoms with E-state index in [1.54, 1.807) is 28.2 Å². The first-order valence-corrected chi connectivity index (χ1v) is 11.1. The van der Waals surface area contributed by atoms with E-state index in [0.29, 0.717) is 0 Å². The van der Waals surface area contributed by atoms with Gasteiger partial charge in [0, 0.05) is 12.0 Å². The van der Waals surface area contributed by atoms with Crippen LogP contribution < -0.4 is 0 Å². The summed E-state index contributed by atoms with van der Waals surface area (Å²) in [4.78, 5) is 0. The predicted molar refractivity (Wildman–Crippen MR) is 104 cm³/mol. The van der Waals surface area contributed by atoms with Gasteiger partial charge < -0.3 is 23.4 Å². The first kappa shape index (κ1) is 29.5. The Morgan fingerprint density at radius 2 is 1.40 bits per heavy atom. The number of rotatable bonds is 3. The molecule has 0 amide bonds. The second-order valence-corrected chi connectivity index (χ2v) is 12.0. The van der Waals surface area contributed by atoms with E-state index in [-0.39, 0.29) is 29.1 Å². The van der Waals surface area contributed by atoms with Crippen LogP contribution in [0, 0.1) is 7.43 Å². The monoisotopic (exact) mass is 447 g/mol. The summed E-state index contributed by atoms with van der Waals surface area (Å²) in [5.74, 6) is 0. The number of halogens is 1. The van der Waals surface area contributed by atoms with Crippen LogP contribution in [0.25, 0.3) is 16.0 Å². The van der Waals surface area contributed by atoms with Crippen LogP contribution in [0.1, 0.15) is 19.3 Å². The van der Waals surface area contributed by atoms with E-state index in [1.165, 1.54) is 19.3 Å². The molecule has 1 aliphatic rings. The van der Waals surface area contributed by atoms with Crippen LogP contribution >= 0.6 is 22.6 Å². The van der Waals surface area contributed by atoms with Crippen molar-refractivity contribution in [3.8, 4) is 0 Å². The molecule has 0 aromatic rings. The molecule has 20 heavy (non-hydrogen) atoms. The summed E-state index contributed by atoms with van der Waals surface area (Å²) in [5.41, 5.74) is 1.03. The SMILES string of the molecule is C[N-]C.C[N-]C.C[N-]C[Si](C)(C)C1CCCC1I.[CH3-].[Ti+4]. The minimum atomic E-state index is -1.01. The Bertz CT molecular complexity index is 184. The Hall–Kier alpha value is 1.54. The summed E-state index contributed by atoms with van der Waals surface area (Å²) in [5, 5.41) is 11.3. The molecule has 0 radical (unpaired) electrons. The van der Waals surface area contributed by atoms with E-state index in [0.717, 1.165) is 15.6 Å². The van der Waals surface area contributed by atoms with Crippen molar-refractivity contribution < 1.29 is 21.7 Å². The molecule has 120 valence electrons. The third-order valence-corrected chi connectivity index (χ3v) is 9.00. The van der Waals surface area contributed by atoms with Crippen molar-refractivity contribution in [3.63, 3.8) is 0 Å². The molecule has 6 heteroatoms. The second kappa shape index (κ2) is 18.6. The average molecular weight is 447 g/mol. The maximum Gasteiger partial charge on any atom is 4.00 e. The first-order valence-electron chi connectivity index (χ1n) is 6.56. The molecule has 0 heterocycles. The van der Waals surface area contributed by atoms with Crippen molar-refractivity contribution in [3.05, 3.63) is 23.4 Å². The molecule has 1 fully saturated rings. The summed E-state index contributed by atoms with van der Waals surface area (Å²) in [6, 6.07) is 0. The molecule has 0 aromatic carbocycles. The van der Waals surface area contributed by atoms with Gasteiger partial charge in [-0.1, -0.05) is 48.5 Å². The summed E-state index contributed by atoms with van der Waals surface area (Å²) in [6.45, 7) is 5.00. The zero-order valence-corrected chi connectivity index (χ0v) is 19.4. The van der Waals surface area contributed by atoms with Gasteiger partial charge in [-0.25, -0.2) is 0 Å². The van der Waals surface area contributed by atoms with Crippen LogP contribution in [-0.4, -0.2) is 53.4 Å². The smallest absolute Gasteiger partial charge is 0.668 e. The number of nitrogens with zero attached hydrogens (tertiary/aromatic N) is 3. The summed E-state index contributed by atoms with van der Waals surface area (Å²) >= 11 is 2.65. The van der Waals surface area contributed by atoms with Gasteiger partial charge in [-0.2, -0.15) is 41.4 Å². The van der Waals surface area contributed by atoms with E-state index in [1.807, 2.05) is 7.05 Å². The minimum absolute atomic E-state index is 0. The zero-order valence-electron chi connectivity index (χ0n) is 14.7. The topological polar surface area (TPSA) is 42.3 Å². The van der Waals surface area contributed by atoms with Gasteiger partial charge in [-0.15, -0.1) is 0 Å². The van der Waals surface area contributed by atoms with Crippen LogP contribution in [-0.2, 0) is 21.7 Å². The summed E-state index contributed by atoms with van der Waals surface area (Å²) in [7, 11) is 7.96. The zero-order chi connectivity index (χ0) is 14.6. The van der Waals surface area contributed by atoms with Crippen molar-refractivity contribution in [1.82, 2.24) is 0 Å². The van der Waals surface area contributed by atoms with Gasteiger partial charge in [-0.3, -0.25) is 0 Å². The predicted octanol–water partition coefficient (Wildman–Crippen LogP) is 5.28. The van der Waals surface area contributed by atoms with E-state index in [9.17, 15) is 0 Å². The standard InChI is InChI=1S/C9H19INSi.2C2H6N.CH3.Ti/c1-11-7-12(2,3)9-6-4-5-8(9)10;2*1-3-2;;/h8-9H,4-7H2,1-3H3;2*1-2H3;1H3;/q4*-1;+4. The Morgan fingerprint density at radius 3 is 1.65 bits per heavy atom.